The molecule has 0 unspecified atom stereocenters. The highest BCUT2D eigenvalue weighted by atomic mass is 19.1. The van der Waals surface area contributed by atoms with Crippen LogP contribution < -0.4 is 10.1 Å². The highest BCUT2D eigenvalue weighted by Crippen LogP contribution is 2.28. The second-order valence-electron chi connectivity index (χ2n) is 9.84. The molecular weight excluding hydrogens is 495 g/mol. The fourth-order valence-corrected chi connectivity index (χ4v) is 4.88. The number of alkyl halides is 1. The molecule has 2 N–H and O–H groups in total. The van der Waals surface area contributed by atoms with E-state index in [4.69, 9.17) is 4.74 Å². The van der Waals surface area contributed by atoms with E-state index in [1.807, 2.05) is 42.6 Å². The van der Waals surface area contributed by atoms with Gasteiger partial charge in [0.2, 0.25) is 0 Å². The molecule has 9 heteroatoms. The molecular formula is C30H29FN6O2. The molecule has 2 aromatic carbocycles. The number of pyridine rings is 1. The summed E-state index contributed by atoms with van der Waals surface area (Å²) >= 11 is 0. The van der Waals surface area contributed by atoms with Gasteiger partial charge in [0.1, 0.15) is 11.8 Å². The van der Waals surface area contributed by atoms with Gasteiger partial charge in [-0.1, -0.05) is 54.6 Å². The van der Waals surface area contributed by atoms with E-state index in [2.05, 4.69) is 49.5 Å². The predicted molar refractivity (Wildman–Crippen MR) is 148 cm³/mol. The zero-order valence-corrected chi connectivity index (χ0v) is 21.4. The Morgan fingerprint density at radius 3 is 2.56 bits per heavy atom. The van der Waals surface area contributed by atoms with Gasteiger partial charge >= 0.3 is 6.09 Å². The lowest BCUT2D eigenvalue weighted by molar-refractivity contribution is 0.145. The summed E-state index contributed by atoms with van der Waals surface area (Å²) in [6.07, 6.45) is 6.67. The first-order chi connectivity index (χ1) is 19.1. The number of amides is 1. The number of hydrogen-bond donors (Lipinski definition) is 2. The average Bonchev–Trinajstić information content (AvgIpc) is 3.57. The number of hydrogen-bond acceptors (Lipinski definition) is 5. The monoisotopic (exact) mass is 524 g/mol. The molecule has 1 amide bonds. The molecule has 8 nitrogen and oxygen atoms in total. The standard InChI is InChI=1S/C30H29FN6O2/c31-25-10-12-36(13-11-25)18-22-6-8-23(9-7-22)24-14-27-28(17-33-29(27)32-15-24)35-30(38)39-26-16-34-37(20-26)19-21-4-2-1-3-5-21/h1-9,14-17,20,25H,10-13,18-19H2,(H,32,33)(H,35,38). The quantitative estimate of drug-likeness (QED) is 0.272. The lowest BCUT2D eigenvalue weighted by Crippen LogP contribution is -2.33. The van der Waals surface area contributed by atoms with Crippen LogP contribution in [0.1, 0.15) is 24.0 Å². The van der Waals surface area contributed by atoms with Crippen molar-refractivity contribution in [3.8, 4) is 16.9 Å². The topological polar surface area (TPSA) is 88.1 Å². The number of anilines is 1. The highest BCUT2D eigenvalue weighted by Gasteiger charge is 2.18. The SMILES string of the molecule is O=C(Nc1c[nH]c2ncc(-c3ccc(CN4CCC(F)CC4)cc3)cc12)Oc1cnn(Cc2ccccc2)c1. The first-order valence-electron chi connectivity index (χ1n) is 13.1. The molecule has 1 fully saturated rings. The van der Waals surface area contributed by atoms with Crippen molar-refractivity contribution in [2.75, 3.05) is 18.4 Å². The zero-order chi connectivity index (χ0) is 26.6. The number of halogens is 1. The van der Waals surface area contributed by atoms with E-state index in [0.29, 0.717) is 36.5 Å². The number of benzene rings is 2. The van der Waals surface area contributed by atoms with Crippen molar-refractivity contribution in [3.63, 3.8) is 0 Å². The van der Waals surface area contributed by atoms with E-state index in [9.17, 15) is 9.18 Å². The summed E-state index contributed by atoms with van der Waals surface area (Å²) < 4.78 is 20.6. The van der Waals surface area contributed by atoms with Gasteiger partial charge in [-0.3, -0.25) is 14.9 Å². The molecule has 1 saturated heterocycles. The number of ether oxygens (including phenoxy) is 1. The Kier molecular flexibility index (Phi) is 7.05. The van der Waals surface area contributed by atoms with Crippen molar-refractivity contribution in [1.29, 1.82) is 0 Å². The first-order valence-corrected chi connectivity index (χ1v) is 13.1. The number of carbonyl (C=O) groups is 1. The summed E-state index contributed by atoms with van der Waals surface area (Å²) in [5.41, 5.74) is 5.50. The third-order valence-electron chi connectivity index (χ3n) is 6.99. The van der Waals surface area contributed by atoms with Crippen LogP contribution in [-0.4, -0.2) is 50.0 Å². The minimum Gasteiger partial charge on any atom is -0.407 e. The fourth-order valence-electron chi connectivity index (χ4n) is 4.88. The number of nitrogens with zero attached hydrogens (tertiary/aromatic N) is 4. The largest absolute Gasteiger partial charge is 0.417 e. The minimum absolute atomic E-state index is 0.358. The Hall–Kier alpha value is -4.50. The lowest BCUT2D eigenvalue weighted by atomic mass is 10.0. The van der Waals surface area contributed by atoms with E-state index in [0.717, 1.165) is 41.7 Å². The van der Waals surface area contributed by atoms with E-state index in [-0.39, 0.29) is 0 Å². The molecule has 3 aromatic heterocycles. The van der Waals surface area contributed by atoms with E-state index in [1.54, 1.807) is 17.1 Å². The fraction of sp³-hybridized carbons (Fsp3) is 0.233. The molecule has 0 bridgehead atoms. The van der Waals surface area contributed by atoms with Gasteiger partial charge in [-0.05, 0) is 35.6 Å². The second kappa shape index (κ2) is 11.1. The van der Waals surface area contributed by atoms with Crippen LogP contribution in [0.25, 0.3) is 22.2 Å². The van der Waals surface area contributed by atoms with Crippen molar-refractivity contribution < 1.29 is 13.9 Å². The van der Waals surface area contributed by atoms with Crippen molar-refractivity contribution >= 4 is 22.8 Å². The van der Waals surface area contributed by atoms with Crippen LogP contribution in [0.5, 0.6) is 5.75 Å². The number of aromatic nitrogens is 4. The van der Waals surface area contributed by atoms with Crippen LogP contribution in [0.4, 0.5) is 14.9 Å². The predicted octanol–water partition coefficient (Wildman–Crippen LogP) is 6.02. The number of nitrogens with one attached hydrogen (secondary N) is 2. The maximum absolute atomic E-state index is 13.4. The molecule has 1 aliphatic rings. The number of carbonyl (C=O) groups excluding carboxylic acids is 1. The number of piperidine rings is 1. The molecule has 5 aromatic rings. The number of fused-ring (bicyclic) bond motifs is 1. The van der Waals surface area contributed by atoms with Gasteiger partial charge in [-0.2, -0.15) is 5.10 Å². The Balaban J connectivity index is 1.10. The molecule has 6 rings (SSSR count). The Morgan fingerprint density at radius 2 is 1.77 bits per heavy atom. The Morgan fingerprint density at radius 1 is 1.00 bits per heavy atom. The third-order valence-corrected chi connectivity index (χ3v) is 6.99. The van der Waals surface area contributed by atoms with E-state index < -0.39 is 12.3 Å². The third kappa shape index (κ3) is 5.99. The molecule has 0 saturated carbocycles. The van der Waals surface area contributed by atoms with Gasteiger partial charge in [0.05, 0.1) is 24.6 Å². The zero-order valence-electron chi connectivity index (χ0n) is 21.4. The van der Waals surface area contributed by atoms with E-state index in [1.165, 1.54) is 11.8 Å². The van der Waals surface area contributed by atoms with Gasteiger partial charge in [0.25, 0.3) is 0 Å². The van der Waals surface area contributed by atoms with Crippen LogP contribution in [0.2, 0.25) is 0 Å². The normalized spacial score (nSPS) is 14.5. The van der Waals surface area contributed by atoms with Crippen LogP contribution in [-0.2, 0) is 13.1 Å². The molecule has 4 heterocycles. The summed E-state index contributed by atoms with van der Waals surface area (Å²) in [5.74, 6) is 0.358. The van der Waals surface area contributed by atoms with Gasteiger partial charge in [-0.15, -0.1) is 0 Å². The highest BCUT2D eigenvalue weighted by molar-refractivity contribution is 6.00. The summed E-state index contributed by atoms with van der Waals surface area (Å²) in [4.78, 5) is 22.6. The first kappa shape index (κ1) is 24.8. The van der Waals surface area contributed by atoms with Crippen LogP contribution in [0, 0.1) is 0 Å². The molecule has 1 aliphatic heterocycles. The van der Waals surface area contributed by atoms with Gasteiger partial charge < -0.3 is 9.72 Å². The second-order valence-corrected chi connectivity index (χ2v) is 9.84. The van der Waals surface area contributed by atoms with Gasteiger partial charge in [-0.25, -0.2) is 14.2 Å². The molecule has 0 radical (unpaired) electrons. The van der Waals surface area contributed by atoms with Crippen molar-refractivity contribution in [2.45, 2.75) is 32.1 Å². The van der Waals surface area contributed by atoms with Crippen LogP contribution in [0.3, 0.4) is 0 Å². The Labute approximate surface area is 225 Å². The Bertz CT molecular complexity index is 1560. The van der Waals surface area contributed by atoms with Crippen LogP contribution >= 0.6 is 0 Å². The molecule has 0 atom stereocenters. The van der Waals surface area contributed by atoms with E-state index >= 15 is 0 Å². The molecule has 198 valence electrons. The van der Waals surface area contributed by atoms with Gasteiger partial charge in [0.15, 0.2) is 5.75 Å². The molecule has 0 aliphatic carbocycles. The summed E-state index contributed by atoms with van der Waals surface area (Å²) in [7, 11) is 0. The van der Waals surface area contributed by atoms with Gasteiger partial charge in [0, 0.05) is 43.0 Å². The summed E-state index contributed by atoms with van der Waals surface area (Å²) in [6, 6.07) is 20.3. The number of H-pyrrole nitrogens is 1. The smallest absolute Gasteiger partial charge is 0.407 e. The summed E-state index contributed by atoms with van der Waals surface area (Å²) in [6.45, 7) is 3.00. The van der Waals surface area contributed by atoms with Crippen molar-refractivity contribution in [1.82, 2.24) is 24.6 Å². The summed E-state index contributed by atoms with van der Waals surface area (Å²) in [5, 5.41) is 7.86. The van der Waals surface area contributed by atoms with Crippen molar-refractivity contribution in [2.24, 2.45) is 0 Å². The number of rotatable bonds is 7. The maximum atomic E-state index is 13.4. The van der Waals surface area contributed by atoms with Crippen LogP contribution in [0.15, 0.2) is 85.5 Å². The minimum atomic E-state index is -0.662. The molecule has 39 heavy (non-hydrogen) atoms. The lowest BCUT2D eigenvalue weighted by Gasteiger charge is -2.28. The maximum Gasteiger partial charge on any atom is 0.417 e. The number of aromatic amines is 1. The number of likely N-dealkylation sites (tertiary alicyclic amines) is 1. The van der Waals surface area contributed by atoms with Crippen molar-refractivity contribution in [3.05, 3.63) is 96.6 Å². The average molecular weight is 525 g/mol. The molecule has 0 spiro atoms.